The summed E-state index contributed by atoms with van der Waals surface area (Å²) in [5.74, 6) is 1.06. The van der Waals surface area contributed by atoms with Gasteiger partial charge < -0.3 is 9.47 Å². The zero-order valence-corrected chi connectivity index (χ0v) is 14.8. The number of benzene rings is 1. The first-order valence-electron chi connectivity index (χ1n) is 7.67. The van der Waals surface area contributed by atoms with E-state index in [2.05, 4.69) is 5.10 Å². The van der Waals surface area contributed by atoms with Crippen molar-refractivity contribution in [2.45, 2.75) is 25.0 Å². The minimum Gasteiger partial charge on any atom is -0.495 e. The molecule has 1 aromatic carbocycles. The molecule has 0 saturated heterocycles. The molecule has 0 radical (unpaired) electrons. The summed E-state index contributed by atoms with van der Waals surface area (Å²) in [7, 11) is -0.731. The van der Waals surface area contributed by atoms with E-state index >= 15 is 0 Å². The van der Waals surface area contributed by atoms with Crippen LogP contribution in [0.15, 0.2) is 35.4 Å². The Kier molecular flexibility index (Phi) is 4.51. The first kappa shape index (κ1) is 16.8. The molecule has 0 amide bonds. The van der Waals surface area contributed by atoms with Crippen LogP contribution in [0, 0.1) is 5.92 Å². The third-order valence-electron chi connectivity index (χ3n) is 4.02. The second-order valence-electron chi connectivity index (χ2n) is 5.93. The molecule has 8 heteroatoms. The van der Waals surface area contributed by atoms with Crippen molar-refractivity contribution in [1.29, 1.82) is 0 Å². The SMILES string of the molecule is COCc1ccc(OC)c(S(=O)(=O)N2CC(C)Cn3nccc32)c1. The fourth-order valence-electron chi connectivity index (χ4n) is 2.93. The number of hydrogen-bond donors (Lipinski definition) is 0. The molecule has 0 spiro atoms. The Labute approximate surface area is 141 Å². The first-order valence-corrected chi connectivity index (χ1v) is 9.11. The van der Waals surface area contributed by atoms with Gasteiger partial charge in [0.05, 0.1) is 19.9 Å². The predicted molar refractivity (Wildman–Crippen MR) is 89.6 cm³/mol. The standard InChI is InChI=1S/C16H21N3O4S/c1-12-9-18-16(6-7-17-18)19(10-12)24(20,21)15-8-13(11-22-2)4-5-14(15)23-3/h4-8,12H,9-11H2,1-3H3. The van der Waals surface area contributed by atoms with Crippen LogP contribution in [-0.4, -0.2) is 39.0 Å². The minimum atomic E-state index is -3.77. The van der Waals surface area contributed by atoms with Gasteiger partial charge in [0, 0.05) is 26.3 Å². The van der Waals surface area contributed by atoms with Crippen molar-refractivity contribution in [2.24, 2.45) is 5.92 Å². The fraction of sp³-hybridized carbons (Fsp3) is 0.438. The number of aromatic nitrogens is 2. The average molecular weight is 351 g/mol. The number of rotatable bonds is 5. The molecule has 2 aromatic rings. The number of sulfonamides is 1. The molecule has 3 rings (SSSR count). The lowest BCUT2D eigenvalue weighted by Crippen LogP contribution is -2.41. The Morgan fingerprint density at radius 3 is 2.75 bits per heavy atom. The van der Waals surface area contributed by atoms with Crippen LogP contribution in [0.3, 0.4) is 0 Å². The predicted octanol–water partition coefficient (Wildman–Crippen LogP) is 1.88. The van der Waals surface area contributed by atoms with E-state index in [1.807, 2.05) is 6.92 Å². The minimum absolute atomic E-state index is 0.140. The summed E-state index contributed by atoms with van der Waals surface area (Å²) in [5, 5.41) is 4.21. The van der Waals surface area contributed by atoms with Gasteiger partial charge in [0.2, 0.25) is 0 Å². The lowest BCUT2D eigenvalue weighted by molar-refractivity contribution is 0.184. The van der Waals surface area contributed by atoms with Gasteiger partial charge in [-0.25, -0.2) is 17.4 Å². The maximum atomic E-state index is 13.3. The zero-order chi connectivity index (χ0) is 17.3. The van der Waals surface area contributed by atoms with Gasteiger partial charge in [-0.15, -0.1) is 0 Å². The molecule has 1 atom stereocenters. The van der Waals surface area contributed by atoms with Gasteiger partial charge in [0.25, 0.3) is 10.0 Å². The number of anilines is 1. The summed E-state index contributed by atoms with van der Waals surface area (Å²) in [6.07, 6.45) is 1.62. The number of methoxy groups -OCH3 is 2. The highest BCUT2D eigenvalue weighted by Gasteiger charge is 2.34. The Hall–Kier alpha value is -2.06. The van der Waals surface area contributed by atoms with Crippen molar-refractivity contribution in [3.63, 3.8) is 0 Å². The van der Waals surface area contributed by atoms with Crippen LogP contribution in [0.1, 0.15) is 12.5 Å². The largest absolute Gasteiger partial charge is 0.495 e. The van der Waals surface area contributed by atoms with Crippen molar-refractivity contribution in [1.82, 2.24) is 9.78 Å². The van der Waals surface area contributed by atoms with Crippen molar-refractivity contribution in [3.8, 4) is 5.75 Å². The molecule has 24 heavy (non-hydrogen) atoms. The van der Waals surface area contributed by atoms with Gasteiger partial charge in [-0.05, 0) is 23.6 Å². The van der Waals surface area contributed by atoms with E-state index in [1.165, 1.54) is 11.4 Å². The lowest BCUT2D eigenvalue weighted by Gasteiger charge is -2.32. The third-order valence-corrected chi connectivity index (χ3v) is 5.81. The van der Waals surface area contributed by atoms with Crippen LogP contribution in [0.2, 0.25) is 0 Å². The quantitative estimate of drug-likeness (QED) is 0.822. The highest BCUT2D eigenvalue weighted by molar-refractivity contribution is 7.93. The molecule has 1 aromatic heterocycles. The molecular weight excluding hydrogens is 330 g/mol. The monoisotopic (exact) mass is 351 g/mol. The van der Waals surface area contributed by atoms with Gasteiger partial charge in [-0.3, -0.25) is 0 Å². The maximum absolute atomic E-state index is 13.3. The van der Waals surface area contributed by atoms with E-state index in [9.17, 15) is 8.42 Å². The highest BCUT2D eigenvalue weighted by atomic mass is 32.2. The number of hydrogen-bond acceptors (Lipinski definition) is 5. The summed E-state index contributed by atoms with van der Waals surface area (Å²) in [6.45, 7) is 3.45. The molecule has 130 valence electrons. The molecular formula is C16H21N3O4S. The molecule has 1 aliphatic rings. The van der Waals surface area contributed by atoms with Crippen molar-refractivity contribution in [3.05, 3.63) is 36.0 Å². The topological polar surface area (TPSA) is 73.7 Å². The zero-order valence-electron chi connectivity index (χ0n) is 14.0. The Morgan fingerprint density at radius 1 is 1.25 bits per heavy atom. The number of fused-ring (bicyclic) bond motifs is 1. The van der Waals surface area contributed by atoms with Gasteiger partial charge in [0.15, 0.2) is 0 Å². The summed E-state index contributed by atoms with van der Waals surface area (Å²) < 4.78 is 40.1. The van der Waals surface area contributed by atoms with Crippen molar-refractivity contribution < 1.29 is 17.9 Å². The van der Waals surface area contributed by atoms with E-state index in [0.29, 0.717) is 31.3 Å². The molecule has 1 aliphatic heterocycles. The Bertz CT molecular complexity index is 832. The van der Waals surface area contributed by atoms with E-state index in [-0.39, 0.29) is 10.8 Å². The molecule has 0 aliphatic carbocycles. The summed E-state index contributed by atoms with van der Waals surface area (Å²) in [6, 6.07) is 6.78. The molecule has 2 heterocycles. The van der Waals surface area contributed by atoms with Crippen molar-refractivity contribution in [2.75, 3.05) is 25.1 Å². The van der Waals surface area contributed by atoms with E-state index in [0.717, 1.165) is 5.56 Å². The fourth-order valence-corrected chi connectivity index (χ4v) is 4.72. The number of ether oxygens (including phenoxy) is 2. The summed E-state index contributed by atoms with van der Waals surface area (Å²) in [5.41, 5.74) is 0.774. The van der Waals surface area contributed by atoms with E-state index in [4.69, 9.17) is 9.47 Å². The van der Waals surface area contributed by atoms with Crippen LogP contribution in [0.4, 0.5) is 5.82 Å². The van der Waals surface area contributed by atoms with Crippen LogP contribution < -0.4 is 9.04 Å². The average Bonchev–Trinajstić information content (AvgIpc) is 3.02. The third kappa shape index (κ3) is 2.87. The van der Waals surface area contributed by atoms with E-state index in [1.54, 1.807) is 42.3 Å². The normalized spacial score (nSPS) is 17.6. The smallest absolute Gasteiger partial charge is 0.269 e. The molecule has 0 N–H and O–H groups in total. The van der Waals surface area contributed by atoms with Crippen molar-refractivity contribution >= 4 is 15.8 Å². The van der Waals surface area contributed by atoms with Crippen LogP contribution in [0.5, 0.6) is 5.75 Å². The maximum Gasteiger partial charge on any atom is 0.269 e. The summed E-state index contributed by atoms with van der Waals surface area (Å²) in [4.78, 5) is 0.140. The Balaban J connectivity index is 2.10. The van der Waals surface area contributed by atoms with Crippen LogP contribution in [-0.2, 0) is 27.9 Å². The molecule has 0 bridgehead atoms. The summed E-state index contributed by atoms with van der Waals surface area (Å²) >= 11 is 0. The Morgan fingerprint density at radius 2 is 2.04 bits per heavy atom. The first-order chi connectivity index (χ1) is 11.5. The lowest BCUT2D eigenvalue weighted by atomic mass is 10.1. The molecule has 7 nitrogen and oxygen atoms in total. The highest BCUT2D eigenvalue weighted by Crippen LogP contribution is 2.33. The molecule has 0 saturated carbocycles. The van der Waals surface area contributed by atoms with Gasteiger partial charge >= 0.3 is 0 Å². The van der Waals surface area contributed by atoms with Crippen LogP contribution in [0.25, 0.3) is 0 Å². The van der Waals surface area contributed by atoms with E-state index < -0.39 is 10.0 Å². The molecule has 0 fully saturated rings. The van der Waals surface area contributed by atoms with Crippen LogP contribution >= 0.6 is 0 Å². The molecule has 1 unspecified atom stereocenters. The number of nitrogens with zero attached hydrogens (tertiary/aromatic N) is 3. The van der Waals surface area contributed by atoms with Gasteiger partial charge in [-0.1, -0.05) is 13.0 Å². The second-order valence-corrected chi connectivity index (χ2v) is 7.76. The van der Waals surface area contributed by atoms with Gasteiger partial charge in [-0.2, -0.15) is 5.10 Å². The second kappa shape index (κ2) is 6.45. The van der Waals surface area contributed by atoms with Gasteiger partial charge in [0.1, 0.15) is 16.5 Å².